The van der Waals surface area contributed by atoms with Crippen LogP contribution in [0.5, 0.6) is 0 Å². The van der Waals surface area contributed by atoms with Gasteiger partial charge >= 0.3 is 5.97 Å². The van der Waals surface area contributed by atoms with Crippen molar-refractivity contribution in [3.05, 3.63) is 35.9 Å². The fourth-order valence-corrected chi connectivity index (χ4v) is 3.78. The van der Waals surface area contributed by atoms with Crippen molar-refractivity contribution in [3.63, 3.8) is 0 Å². The van der Waals surface area contributed by atoms with Crippen LogP contribution in [0.3, 0.4) is 0 Å². The highest BCUT2D eigenvalue weighted by atomic mass is 16.7. The van der Waals surface area contributed by atoms with Gasteiger partial charge < -0.3 is 4.74 Å². The van der Waals surface area contributed by atoms with Crippen LogP contribution in [-0.4, -0.2) is 34.3 Å². The van der Waals surface area contributed by atoms with Gasteiger partial charge in [0.25, 0.3) is 0 Å². The first-order valence-corrected chi connectivity index (χ1v) is 9.81. The first-order valence-electron chi connectivity index (χ1n) is 9.81. The maximum atomic E-state index is 12.5. The molecule has 1 aliphatic rings. The number of nitrogens with zero attached hydrogens (tertiary/aromatic N) is 1. The monoisotopic (exact) mass is 391 g/mol. The van der Waals surface area contributed by atoms with Gasteiger partial charge in [0.2, 0.25) is 0 Å². The van der Waals surface area contributed by atoms with Crippen LogP contribution in [0.2, 0.25) is 0 Å². The molecule has 1 aromatic carbocycles. The van der Waals surface area contributed by atoms with E-state index in [2.05, 4.69) is 63.2 Å². The predicted molar refractivity (Wildman–Crippen MR) is 114 cm³/mol. The van der Waals surface area contributed by atoms with Crippen molar-refractivity contribution in [2.75, 3.05) is 0 Å². The molecule has 1 fully saturated rings. The Morgan fingerprint density at radius 2 is 1.62 bits per heavy atom. The summed E-state index contributed by atoms with van der Waals surface area (Å²) in [5.41, 5.74) is -0.100. The fourth-order valence-electron chi connectivity index (χ4n) is 3.78. The zero-order valence-corrected chi connectivity index (χ0v) is 18.1. The van der Waals surface area contributed by atoms with Gasteiger partial charge in [-0.3, -0.25) is 4.84 Å². The van der Waals surface area contributed by atoms with Gasteiger partial charge in [-0.15, -0.1) is 0 Å². The number of hydrogen-bond donors (Lipinski definition) is 0. The summed E-state index contributed by atoms with van der Waals surface area (Å²) in [6.07, 6.45) is 0.829. The maximum absolute atomic E-state index is 12.5. The SMILES string of the molecule is CC#CC#CC#CC(C)ON1C(C)(C)CC(OC(=O)c2ccccc2)CC1(C)C. The van der Waals surface area contributed by atoms with Crippen molar-refractivity contribution in [1.29, 1.82) is 0 Å². The number of carbonyl (C=O) groups excluding carboxylic acids is 1. The van der Waals surface area contributed by atoms with Gasteiger partial charge in [-0.25, -0.2) is 4.79 Å². The van der Waals surface area contributed by atoms with E-state index in [1.54, 1.807) is 19.1 Å². The molecule has 4 heteroatoms. The van der Waals surface area contributed by atoms with Crippen molar-refractivity contribution in [3.8, 4) is 35.5 Å². The van der Waals surface area contributed by atoms with Gasteiger partial charge in [-0.1, -0.05) is 30.0 Å². The third-order valence-corrected chi connectivity index (χ3v) is 4.69. The number of ether oxygens (including phenoxy) is 1. The Kier molecular flexibility index (Phi) is 7.53. The summed E-state index contributed by atoms with van der Waals surface area (Å²) in [5, 5.41) is 1.99. The summed E-state index contributed by atoms with van der Waals surface area (Å²) in [6.45, 7) is 12.0. The molecule has 1 heterocycles. The summed E-state index contributed by atoms with van der Waals surface area (Å²) in [4.78, 5) is 18.7. The van der Waals surface area contributed by atoms with Gasteiger partial charge in [0, 0.05) is 23.9 Å². The van der Waals surface area contributed by atoms with E-state index in [4.69, 9.17) is 9.57 Å². The molecule has 1 aliphatic heterocycles. The number of hydroxylamine groups is 2. The van der Waals surface area contributed by atoms with E-state index in [0.29, 0.717) is 18.4 Å². The smallest absolute Gasteiger partial charge is 0.338 e. The van der Waals surface area contributed by atoms with Crippen molar-refractivity contribution >= 4 is 5.97 Å². The van der Waals surface area contributed by atoms with Gasteiger partial charge in [-0.05, 0) is 77.4 Å². The minimum absolute atomic E-state index is 0.188. The zero-order chi connectivity index (χ0) is 21.5. The third kappa shape index (κ3) is 6.40. The molecule has 0 amide bonds. The number of carbonyl (C=O) groups is 1. The minimum Gasteiger partial charge on any atom is -0.459 e. The highest BCUT2D eigenvalue weighted by molar-refractivity contribution is 5.89. The Hall–Kier alpha value is -2.71. The number of rotatable bonds is 4. The van der Waals surface area contributed by atoms with E-state index >= 15 is 0 Å². The van der Waals surface area contributed by atoms with Crippen molar-refractivity contribution < 1.29 is 14.4 Å². The molecular weight excluding hydrogens is 362 g/mol. The van der Waals surface area contributed by atoms with Crippen LogP contribution in [-0.2, 0) is 9.57 Å². The summed E-state index contributed by atoms with van der Waals surface area (Å²) in [5.74, 6) is 16.2. The van der Waals surface area contributed by atoms with Crippen LogP contribution in [0.15, 0.2) is 30.3 Å². The maximum Gasteiger partial charge on any atom is 0.338 e. The lowest BCUT2D eigenvalue weighted by atomic mass is 9.80. The second kappa shape index (κ2) is 9.67. The van der Waals surface area contributed by atoms with E-state index in [1.165, 1.54) is 0 Å². The molecule has 1 unspecified atom stereocenters. The van der Waals surface area contributed by atoms with Gasteiger partial charge in [-0.2, -0.15) is 5.06 Å². The van der Waals surface area contributed by atoms with E-state index < -0.39 is 0 Å². The average molecular weight is 392 g/mol. The van der Waals surface area contributed by atoms with Crippen LogP contribution in [0.1, 0.15) is 64.7 Å². The Labute approximate surface area is 174 Å². The number of benzene rings is 1. The number of piperidine rings is 1. The molecule has 0 spiro atoms. The first-order chi connectivity index (χ1) is 13.7. The van der Waals surface area contributed by atoms with E-state index in [9.17, 15) is 4.79 Å². The normalized spacial score (nSPS) is 18.7. The molecule has 29 heavy (non-hydrogen) atoms. The molecule has 0 bridgehead atoms. The van der Waals surface area contributed by atoms with Crippen LogP contribution >= 0.6 is 0 Å². The fraction of sp³-hybridized carbons (Fsp3) is 0.480. The first kappa shape index (κ1) is 22.6. The molecule has 1 saturated heterocycles. The Morgan fingerprint density at radius 3 is 2.21 bits per heavy atom. The molecule has 0 N–H and O–H groups in total. The topological polar surface area (TPSA) is 38.8 Å². The Balaban J connectivity index is 2.07. The summed E-state index contributed by atoms with van der Waals surface area (Å²) in [7, 11) is 0. The average Bonchev–Trinajstić information content (AvgIpc) is 2.64. The number of esters is 1. The van der Waals surface area contributed by atoms with Gasteiger partial charge in [0.05, 0.1) is 5.56 Å². The molecule has 4 nitrogen and oxygen atoms in total. The lowest BCUT2D eigenvalue weighted by molar-refractivity contribution is -0.302. The lowest BCUT2D eigenvalue weighted by Crippen LogP contribution is -2.62. The third-order valence-electron chi connectivity index (χ3n) is 4.69. The lowest BCUT2D eigenvalue weighted by Gasteiger charge is -2.53. The van der Waals surface area contributed by atoms with Crippen LogP contribution < -0.4 is 0 Å². The molecule has 0 aromatic heterocycles. The van der Waals surface area contributed by atoms with Gasteiger partial charge in [0.15, 0.2) is 0 Å². The van der Waals surface area contributed by atoms with Crippen LogP contribution in [0.25, 0.3) is 0 Å². The van der Waals surface area contributed by atoms with Crippen LogP contribution in [0.4, 0.5) is 0 Å². The molecule has 0 radical (unpaired) electrons. The quantitative estimate of drug-likeness (QED) is 0.569. The van der Waals surface area contributed by atoms with Crippen molar-refractivity contribution in [2.24, 2.45) is 0 Å². The molecule has 152 valence electrons. The number of hydrogen-bond acceptors (Lipinski definition) is 4. The second-order valence-electron chi connectivity index (χ2n) is 8.36. The largest absolute Gasteiger partial charge is 0.459 e. The standard InChI is InChI=1S/C25H29NO3/c1-7-8-9-10-12-15-20(2)29-26-24(3,4)18-22(19-25(26,5)6)28-23(27)21-16-13-11-14-17-21/h11,13-14,16-17,20,22H,18-19H2,1-6H3. The van der Waals surface area contributed by atoms with Crippen molar-refractivity contribution in [1.82, 2.24) is 5.06 Å². The summed E-state index contributed by atoms with van der Waals surface area (Å²) >= 11 is 0. The van der Waals surface area contributed by atoms with Crippen LogP contribution in [0, 0.1) is 35.5 Å². The molecule has 1 atom stereocenters. The van der Waals surface area contributed by atoms with Gasteiger partial charge in [0.1, 0.15) is 12.2 Å². The molecule has 2 rings (SSSR count). The highest BCUT2D eigenvalue weighted by Gasteiger charge is 2.48. The Bertz CT molecular complexity index is 880. The Morgan fingerprint density at radius 1 is 1.03 bits per heavy atom. The van der Waals surface area contributed by atoms with Crippen molar-refractivity contribution in [2.45, 2.75) is 77.7 Å². The minimum atomic E-state index is -0.335. The zero-order valence-electron chi connectivity index (χ0n) is 18.1. The predicted octanol–water partition coefficient (Wildman–Crippen LogP) is 4.22. The molecule has 1 aromatic rings. The highest BCUT2D eigenvalue weighted by Crippen LogP contribution is 2.40. The summed E-state index contributed by atoms with van der Waals surface area (Å²) < 4.78 is 5.82. The summed E-state index contributed by atoms with van der Waals surface area (Å²) in [6, 6.07) is 9.09. The van der Waals surface area contributed by atoms with E-state index in [1.807, 2.05) is 30.2 Å². The molecular formula is C25H29NO3. The second-order valence-corrected chi connectivity index (χ2v) is 8.36. The van der Waals surface area contributed by atoms with E-state index in [0.717, 1.165) is 0 Å². The molecule has 0 aliphatic carbocycles. The van der Waals surface area contributed by atoms with E-state index in [-0.39, 0.29) is 29.3 Å². The molecule has 0 saturated carbocycles.